The number of rotatable bonds is 8. The SMILES string of the molecule is COC(=O)/C(N)=C/c1ccc(SCc2ccc(Cl)cc2)cc1SCc1ccc(Cl)cc1. The fourth-order valence-corrected chi connectivity index (χ4v) is 4.92. The van der Waals surface area contributed by atoms with Gasteiger partial charge >= 0.3 is 5.97 Å². The Morgan fingerprint density at radius 3 is 2.00 bits per heavy atom. The zero-order valence-corrected chi connectivity index (χ0v) is 20.0. The molecule has 2 N–H and O–H groups in total. The van der Waals surface area contributed by atoms with Crippen molar-refractivity contribution in [2.24, 2.45) is 5.73 Å². The summed E-state index contributed by atoms with van der Waals surface area (Å²) in [6.45, 7) is 0. The van der Waals surface area contributed by atoms with E-state index in [2.05, 4.69) is 6.07 Å². The second-order valence-electron chi connectivity index (χ2n) is 6.62. The number of ether oxygens (including phenoxy) is 1. The van der Waals surface area contributed by atoms with Crippen molar-refractivity contribution < 1.29 is 9.53 Å². The van der Waals surface area contributed by atoms with Crippen molar-refractivity contribution in [1.29, 1.82) is 0 Å². The second-order valence-corrected chi connectivity index (χ2v) is 9.56. The Morgan fingerprint density at radius 2 is 1.45 bits per heavy atom. The number of methoxy groups -OCH3 is 1. The number of carbonyl (C=O) groups is 1. The molecule has 0 fully saturated rings. The molecule has 0 amide bonds. The molecule has 0 aliphatic heterocycles. The Hall–Kier alpha value is -2.05. The van der Waals surface area contributed by atoms with Crippen molar-refractivity contribution >= 4 is 58.8 Å². The first kappa shape index (κ1) is 23.6. The van der Waals surface area contributed by atoms with Gasteiger partial charge in [-0.2, -0.15) is 0 Å². The average molecular weight is 490 g/mol. The number of carbonyl (C=O) groups excluding carboxylic acids is 1. The Balaban J connectivity index is 1.81. The standard InChI is InChI=1S/C24H21Cl2NO2S2/c1-29-24(28)22(27)12-18-6-11-21(30-14-16-2-7-19(25)8-3-16)13-23(18)31-15-17-4-9-20(26)10-5-17/h2-13H,14-15,27H2,1H3/b22-12-. The van der Waals surface area contributed by atoms with Gasteiger partial charge in [0.05, 0.1) is 7.11 Å². The number of benzene rings is 3. The number of nitrogens with two attached hydrogens (primary N) is 1. The van der Waals surface area contributed by atoms with E-state index in [1.807, 2.05) is 60.7 Å². The first-order valence-electron chi connectivity index (χ1n) is 9.38. The summed E-state index contributed by atoms with van der Waals surface area (Å²) in [5, 5.41) is 1.44. The molecule has 0 radical (unpaired) electrons. The summed E-state index contributed by atoms with van der Waals surface area (Å²) in [5.74, 6) is 1.05. The Morgan fingerprint density at radius 1 is 0.903 bits per heavy atom. The largest absolute Gasteiger partial charge is 0.464 e. The Bertz CT molecular complexity index is 1070. The Kier molecular flexibility index (Phi) is 8.79. The zero-order valence-electron chi connectivity index (χ0n) is 16.8. The monoisotopic (exact) mass is 489 g/mol. The number of thioether (sulfide) groups is 2. The predicted molar refractivity (Wildman–Crippen MR) is 133 cm³/mol. The lowest BCUT2D eigenvalue weighted by molar-refractivity contribution is -0.136. The van der Waals surface area contributed by atoms with Gasteiger partial charge in [-0.15, -0.1) is 23.5 Å². The zero-order chi connectivity index (χ0) is 22.2. The van der Waals surface area contributed by atoms with E-state index in [1.165, 1.54) is 12.7 Å². The van der Waals surface area contributed by atoms with Crippen LogP contribution in [0.2, 0.25) is 10.0 Å². The van der Waals surface area contributed by atoms with Crippen LogP contribution in [0.4, 0.5) is 0 Å². The summed E-state index contributed by atoms with van der Waals surface area (Å²) in [7, 11) is 1.32. The summed E-state index contributed by atoms with van der Waals surface area (Å²) in [6.07, 6.45) is 1.66. The van der Waals surface area contributed by atoms with Crippen LogP contribution in [0.3, 0.4) is 0 Å². The number of esters is 1. The third kappa shape index (κ3) is 7.25. The maximum absolute atomic E-state index is 11.7. The normalized spacial score (nSPS) is 11.4. The van der Waals surface area contributed by atoms with Crippen molar-refractivity contribution in [3.05, 3.63) is 99.2 Å². The number of hydrogen-bond acceptors (Lipinski definition) is 5. The molecule has 0 unspecified atom stereocenters. The molecule has 0 bridgehead atoms. The van der Waals surface area contributed by atoms with Gasteiger partial charge in [0.2, 0.25) is 0 Å². The van der Waals surface area contributed by atoms with E-state index in [-0.39, 0.29) is 5.70 Å². The molecule has 0 saturated heterocycles. The van der Waals surface area contributed by atoms with Crippen molar-refractivity contribution in [3.63, 3.8) is 0 Å². The molecule has 0 atom stereocenters. The van der Waals surface area contributed by atoms with Crippen LogP contribution in [0.25, 0.3) is 6.08 Å². The van der Waals surface area contributed by atoms with E-state index in [9.17, 15) is 4.79 Å². The lowest BCUT2D eigenvalue weighted by Gasteiger charge is -2.11. The number of hydrogen-bond donors (Lipinski definition) is 1. The van der Waals surface area contributed by atoms with Crippen molar-refractivity contribution in [3.8, 4) is 0 Å². The van der Waals surface area contributed by atoms with Gasteiger partial charge in [0.15, 0.2) is 0 Å². The second kappa shape index (κ2) is 11.5. The highest BCUT2D eigenvalue weighted by Gasteiger charge is 2.09. The summed E-state index contributed by atoms with van der Waals surface area (Å²) in [5.41, 5.74) is 9.18. The molecule has 3 aromatic rings. The predicted octanol–water partition coefficient (Wildman–Crippen LogP) is 7.05. The number of halogens is 2. The quantitative estimate of drug-likeness (QED) is 0.208. The third-order valence-electron chi connectivity index (χ3n) is 4.34. The van der Waals surface area contributed by atoms with E-state index in [0.29, 0.717) is 5.02 Å². The van der Waals surface area contributed by atoms with E-state index >= 15 is 0 Å². The van der Waals surface area contributed by atoms with Crippen LogP contribution >= 0.6 is 46.7 Å². The molecule has 0 aromatic heterocycles. The first-order chi connectivity index (χ1) is 14.9. The van der Waals surface area contributed by atoms with E-state index in [0.717, 1.165) is 37.4 Å². The molecule has 7 heteroatoms. The van der Waals surface area contributed by atoms with Gasteiger partial charge in [-0.1, -0.05) is 53.5 Å². The van der Waals surface area contributed by atoms with Crippen LogP contribution in [0, 0.1) is 0 Å². The van der Waals surface area contributed by atoms with E-state index in [4.69, 9.17) is 33.7 Å². The van der Waals surface area contributed by atoms with Crippen LogP contribution in [-0.4, -0.2) is 13.1 Å². The average Bonchev–Trinajstić information content (AvgIpc) is 2.78. The minimum atomic E-state index is -0.546. The Labute approximate surface area is 201 Å². The molecule has 31 heavy (non-hydrogen) atoms. The van der Waals surface area contributed by atoms with Crippen LogP contribution < -0.4 is 5.73 Å². The summed E-state index contributed by atoms with van der Waals surface area (Å²) >= 11 is 15.4. The van der Waals surface area contributed by atoms with Gasteiger partial charge in [0.1, 0.15) is 5.70 Å². The van der Waals surface area contributed by atoms with Crippen LogP contribution in [0.15, 0.2) is 82.2 Å². The van der Waals surface area contributed by atoms with Gasteiger partial charge in [-0.25, -0.2) is 4.79 Å². The first-order valence-corrected chi connectivity index (χ1v) is 12.1. The molecule has 0 spiro atoms. The van der Waals surface area contributed by atoms with Gasteiger partial charge < -0.3 is 10.5 Å². The minimum absolute atomic E-state index is 0.0670. The highest BCUT2D eigenvalue weighted by molar-refractivity contribution is 7.99. The minimum Gasteiger partial charge on any atom is -0.464 e. The lowest BCUT2D eigenvalue weighted by atomic mass is 10.2. The van der Waals surface area contributed by atoms with Gasteiger partial charge in [0.25, 0.3) is 0 Å². The van der Waals surface area contributed by atoms with Gasteiger partial charge in [-0.05, 0) is 59.2 Å². The fraction of sp³-hybridized carbons (Fsp3) is 0.125. The third-order valence-corrected chi connectivity index (χ3v) is 7.05. The van der Waals surface area contributed by atoms with E-state index < -0.39 is 5.97 Å². The highest BCUT2D eigenvalue weighted by Crippen LogP contribution is 2.33. The van der Waals surface area contributed by atoms with Crippen molar-refractivity contribution in [1.82, 2.24) is 0 Å². The molecular weight excluding hydrogens is 469 g/mol. The van der Waals surface area contributed by atoms with Gasteiger partial charge in [0, 0.05) is 31.3 Å². The molecular formula is C24H21Cl2NO2S2. The highest BCUT2D eigenvalue weighted by atomic mass is 35.5. The molecule has 0 saturated carbocycles. The molecule has 0 heterocycles. The van der Waals surface area contributed by atoms with Crippen LogP contribution in [0.5, 0.6) is 0 Å². The molecule has 3 nitrogen and oxygen atoms in total. The van der Waals surface area contributed by atoms with Crippen LogP contribution in [0.1, 0.15) is 16.7 Å². The van der Waals surface area contributed by atoms with Crippen molar-refractivity contribution in [2.45, 2.75) is 21.3 Å². The molecule has 0 aliphatic rings. The summed E-state index contributed by atoms with van der Waals surface area (Å²) in [4.78, 5) is 13.9. The maximum atomic E-state index is 11.7. The fourth-order valence-electron chi connectivity index (χ4n) is 2.68. The molecule has 160 valence electrons. The molecule has 3 aromatic carbocycles. The van der Waals surface area contributed by atoms with Gasteiger partial charge in [-0.3, -0.25) is 0 Å². The summed E-state index contributed by atoms with van der Waals surface area (Å²) in [6, 6.07) is 21.8. The van der Waals surface area contributed by atoms with Crippen molar-refractivity contribution in [2.75, 3.05) is 7.11 Å². The molecule has 0 aliphatic carbocycles. The maximum Gasteiger partial charge on any atom is 0.353 e. The lowest BCUT2D eigenvalue weighted by Crippen LogP contribution is -2.12. The summed E-state index contributed by atoms with van der Waals surface area (Å²) < 4.78 is 4.72. The smallest absolute Gasteiger partial charge is 0.353 e. The topological polar surface area (TPSA) is 52.3 Å². The van der Waals surface area contributed by atoms with E-state index in [1.54, 1.807) is 29.6 Å². The molecule has 3 rings (SSSR count). The van der Waals surface area contributed by atoms with Crippen LogP contribution in [-0.2, 0) is 21.0 Å².